The zero-order chi connectivity index (χ0) is 19.1. The van der Waals surface area contributed by atoms with Gasteiger partial charge in [0.2, 0.25) is 11.1 Å². The maximum absolute atomic E-state index is 12.4. The number of aromatic amines is 1. The highest BCUT2D eigenvalue weighted by Crippen LogP contribution is 2.55. The molecule has 3 amide bonds. The molecule has 4 bridgehead atoms. The smallest absolute Gasteiger partial charge is 0.321 e. The van der Waals surface area contributed by atoms with Crippen LogP contribution in [-0.4, -0.2) is 38.4 Å². The minimum absolute atomic E-state index is 0.0917. The molecule has 0 atom stereocenters. The number of carbonyl (C=O) groups excluding carboxylic acids is 2. The summed E-state index contributed by atoms with van der Waals surface area (Å²) < 4.78 is 0. The predicted molar refractivity (Wildman–Crippen MR) is 108 cm³/mol. The molecule has 9 heteroatoms. The second kappa shape index (κ2) is 7.18. The fraction of sp³-hybridized carbons (Fsp3) is 0.579. The summed E-state index contributed by atoms with van der Waals surface area (Å²) in [4.78, 5) is 30.0. The van der Waals surface area contributed by atoms with E-state index in [4.69, 9.17) is 0 Å². The second-order valence-corrected chi connectivity index (χ2v) is 10.3. The van der Waals surface area contributed by atoms with Gasteiger partial charge in [-0.2, -0.15) is 0 Å². The van der Waals surface area contributed by atoms with Gasteiger partial charge < -0.3 is 5.32 Å². The molecule has 28 heavy (non-hydrogen) atoms. The third-order valence-corrected chi connectivity index (χ3v) is 7.95. The molecule has 2 aromatic heterocycles. The van der Waals surface area contributed by atoms with Crippen LogP contribution in [0.1, 0.15) is 38.5 Å². The van der Waals surface area contributed by atoms with E-state index in [0.29, 0.717) is 11.0 Å². The highest BCUT2D eigenvalue weighted by Gasteiger charge is 2.51. The molecule has 4 aliphatic carbocycles. The number of nitrogens with zero attached hydrogens (tertiary/aromatic N) is 2. The van der Waals surface area contributed by atoms with Crippen molar-refractivity contribution in [3.8, 4) is 10.7 Å². The summed E-state index contributed by atoms with van der Waals surface area (Å²) >= 11 is 2.79. The van der Waals surface area contributed by atoms with Crippen molar-refractivity contribution in [3.63, 3.8) is 0 Å². The van der Waals surface area contributed by atoms with Gasteiger partial charge in [0.05, 0.1) is 10.6 Å². The van der Waals surface area contributed by atoms with Crippen molar-refractivity contribution < 1.29 is 9.59 Å². The molecule has 6 rings (SSSR count). The van der Waals surface area contributed by atoms with Gasteiger partial charge in [-0.3, -0.25) is 15.2 Å². The maximum Gasteiger partial charge on any atom is 0.321 e. The lowest BCUT2D eigenvalue weighted by atomic mass is 9.53. The molecular weight excluding hydrogens is 394 g/mol. The van der Waals surface area contributed by atoms with E-state index in [1.165, 1.54) is 31.0 Å². The van der Waals surface area contributed by atoms with Crippen molar-refractivity contribution in [2.75, 3.05) is 5.75 Å². The summed E-state index contributed by atoms with van der Waals surface area (Å²) in [5.74, 6) is 2.73. The van der Waals surface area contributed by atoms with Gasteiger partial charge in [-0.05, 0) is 67.7 Å². The van der Waals surface area contributed by atoms with E-state index in [9.17, 15) is 9.59 Å². The van der Waals surface area contributed by atoms with Crippen LogP contribution in [0, 0.1) is 17.8 Å². The Morgan fingerprint density at radius 3 is 2.57 bits per heavy atom. The molecule has 3 N–H and O–H groups in total. The summed E-state index contributed by atoms with van der Waals surface area (Å²) in [6.07, 6.45) is 7.17. The monoisotopic (exact) mass is 417 g/mol. The summed E-state index contributed by atoms with van der Waals surface area (Å²) in [5.41, 5.74) is -0.0917. The van der Waals surface area contributed by atoms with Gasteiger partial charge in [-0.15, -0.1) is 16.4 Å². The molecule has 148 valence electrons. The number of H-pyrrole nitrogens is 1. The summed E-state index contributed by atoms with van der Waals surface area (Å²) in [6, 6.07) is 3.55. The Hall–Kier alpha value is -1.87. The number of hydrogen-bond donors (Lipinski definition) is 3. The Labute approximate surface area is 171 Å². The van der Waals surface area contributed by atoms with Crippen LogP contribution >= 0.6 is 23.1 Å². The minimum Gasteiger partial charge on any atom is -0.332 e. The normalized spacial score (nSPS) is 30.4. The maximum atomic E-state index is 12.4. The number of thiophene rings is 1. The van der Waals surface area contributed by atoms with Crippen LogP contribution in [0.5, 0.6) is 0 Å². The summed E-state index contributed by atoms with van der Waals surface area (Å²) in [7, 11) is 0. The number of hydrogen-bond acceptors (Lipinski definition) is 6. The van der Waals surface area contributed by atoms with Crippen LogP contribution < -0.4 is 10.6 Å². The topological polar surface area (TPSA) is 99.8 Å². The average Bonchev–Trinajstić information content (AvgIpc) is 3.30. The molecule has 4 saturated carbocycles. The van der Waals surface area contributed by atoms with Crippen LogP contribution in [0.25, 0.3) is 10.7 Å². The second-order valence-electron chi connectivity index (χ2n) is 8.43. The van der Waals surface area contributed by atoms with Crippen LogP contribution in [0.3, 0.4) is 0 Å². The van der Waals surface area contributed by atoms with Gasteiger partial charge in [-0.25, -0.2) is 9.78 Å². The van der Waals surface area contributed by atoms with E-state index in [2.05, 4.69) is 25.8 Å². The Morgan fingerprint density at radius 1 is 1.21 bits per heavy atom. The van der Waals surface area contributed by atoms with Crippen molar-refractivity contribution in [2.24, 2.45) is 17.8 Å². The first-order valence-corrected chi connectivity index (χ1v) is 11.6. The standard InChI is InChI=1S/C19H23N5O2S2/c25-15(10-28-18-21-16(23-24-18)14-2-1-3-27-14)20-17(26)22-19-7-11-4-12(8-19)6-13(5-11)9-19/h1-3,11-13H,4-10H2,(H,21,23,24)(H2,20,22,25,26). The average molecular weight is 418 g/mol. The third-order valence-electron chi connectivity index (χ3n) is 6.22. The first-order valence-electron chi connectivity index (χ1n) is 9.78. The van der Waals surface area contributed by atoms with E-state index < -0.39 is 0 Å². The van der Waals surface area contributed by atoms with Gasteiger partial charge >= 0.3 is 6.03 Å². The van der Waals surface area contributed by atoms with E-state index in [-0.39, 0.29) is 23.2 Å². The van der Waals surface area contributed by atoms with E-state index in [1.54, 1.807) is 11.3 Å². The molecule has 4 aliphatic rings. The minimum atomic E-state index is -0.359. The van der Waals surface area contributed by atoms with Gasteiger partial charge in [0, 0.05) is 5.54 Å². The number of aromatic nitrogens is 3. The van der Waals surface area contributed by atoms with E-state index >= 15 is 0 Å². The molecule has 7 nitrogen and oxygen atoms in total. The number of rotatable bonds is 5. The van der Waals surface area contributed by atoms with Gasteiger partial charge in [0.1, 0.15) is 0 Å². The van der Waals surface area contributed by atoms with Crippen LogP contribution in [0.2, 0.25) is 0 Å². The molecule has 2 aromatic rings. The number of imide groups is 1. The zero-order valence-electron chi connectivity index (χ0n) is 15.4. The number of carbonyl (C=O) groups is 2. The molecule has 0 saturated heterocycles. The lowest BCUT2D eigenvalue weighted by Gasteiger charge is -2.56. The summed E-state index contributed by atoms with van der Waals surface area (Å²) in [6.45, 7) is 0. The van der Waals surface area contributed by atoms with Crippen LogP contribution in [0.4, 0.5) is 4.79 Å². The molecule has 0 aliphatic heterocycles. The van der Waals surface area contributed by atoms with Crippen LogP contribution in [0.15, 0.2) is 22.7 Å². The van der Waals surface area contributed by atoms with Crippen molar-refractivity contribution in [1.29, 1.82) is 0 Å². The van der Waals surface area contributed by atoms with Crippen molar-refractivity contribution in [3.05, 3.63) is 17.5 Å². The quantitative estimate of drug-likeness (QED) is 0.647. The Morgan fingerprint density at radius 2 is 1.93 bits per heavy atom. The number of thioether (sulfide) groups is 1. The Balaban J connectivity index is 1.12. The van der Waals surface area contributed by atoms with E-state index in [1.807, 2.05) is 17.5 Å². The van der Waals surface area contributed by atoms with Gasteiger partial charge in [0.25, 0.3) is 0 Å². The largest absolute Gasteiger partial charge is 0.332 e. The lowest BCUT2D eigenvalue weighted by molar-refractivity contribution is -0.117. The molecule has 2 heterocycles. The van der Waals surface area contributed by atoms with Gasteiger partial charge in [-0.1, -0.05) is 17.8 Å². The van der Waals surface area contributed by atoms with Crippen molar-refractivity contribution in [1.82, 2.24) is 25.8 Å². The highest BCUT2D eigenvalue weighted by molar-refractivity contribution is 7.99. The summed E-state index contributed by atoms with van der Waals surface area (Å²) in [5, 5.41) is 15.1. The van der Waals surface area contributed by atoms with Crippen molar-refractivity contribution >= 4 is 35.0 Å². The predicted octanol–water partition coefficient (Wildman–Crippen LogP) is 3.42. The first-order chi connectivity index (χ1) is 13.6. The molecule has 0 spiro atoms. The zero-order valence-corrected chi connectivity index (χ0v) is 17.1. The molecule has 4 fully saturated rings. The lowest BCUT2D eigenvalue weighted by Crippen LogP contribution is -2.61. The molecule has 0 aromatic carbocycles. The van der Waals surface area contributed by atoms with E-state index in [0.717, 1.165) is 41.9 Å². The number of urea groups is 1. The first kappa shape index (κ1) is 18.2. The molecule has 0 unspecified atom stereocenters. The third kappa shape index (κ3) is 3.69. The molecular formula is C19H23N5O2S2. The molecule has 0 radical (unpaired) electrons. The fourth-order valence-electron chi connectivity index (χ4n) is 5.66. The van der Waals surface area contributed by atoms with Crippen molar-refractivity contribution in [2.45, 2.75) is 49.2 Å². The SMILES string of the molecule is O=C(CSc1n[nH]c(-c2cccs2)n1)NC(=O)NC12CC3CC(CC(C3)C1)C2. The fourth-order valence-corrected chi connectivity index (χ4v) is 6.93. The highest BCUT2D eigenvalue weighted by atomic mass is 32.2. The van der Waals surface area contributed by atoms with Gasteiger partial charge in [0.15, 0.2) is 5.82 Å². The number of amides is 3. The Kier molecular flexibility index (Phi) is 4.66. The Bertz CT molecular complexity index is 843. The number of nitrogens with one attached hydrogen (secondary N) is 3. The van der Waals surface area contributed by atoms with Crippen LogP contribution in [-0.2, 0) is 4.79 Å².